The Kier molecular flexibility index (Phi) is 6.78. The number of halogens is 1. The van der Waals surface area contributed by atoms with Crippen LogP contribution in [0, 0.1) is 11.7 Å². The van der Waals surface area contributed by atoms with Gasteiger partial charge in [-0.2, -0.15) is 4.31 Å². The van der Waals surface area contributed by atoms with E-state index in [1.807, 2.05) is 6.92 Å². The lowest BCUT2D eigenvalue weighted by atomic mass is 9.99. The topological polar surface area (TPSA) is 75.7 Å². The monoisotopic (exact) mass is 372 g/mol. The predicted octanol–water partition coefficient (Wildman–Crippen LogP) is 2.15. The lowest BCUT2D eigenvalue weighted by Crippen LogP contribution is -2.45. The second-order valence-corrected chi connectivity index (χ2v) is 8.05. The van der Waals surface area contributed by atoms with E-state index in [-0.39, 0.29) is 29.0 Å². The molecule has 0 aliphatic carbocycles. The van der Waals surface area contributed by atoms with Crippen LogP contribution < -0.4 is 10.1 Å². The van der Waals surface area contributed by atoms with Gasteiger partial charge in [0.05, 0.1) is 13.0 Å². The van der Waals surface area contributed by atoms with E-state index in [2.05, 4.69) is 5.32 Å². The van der Waals surface area contributed by atoms with E-state index in [0.717, 1.165) is 25.0 Å². The molecule has 1 aliphatic heterocycles. The van der Waals surface area contributed by atoms with Gasteiger partial charge in [0.2, 0.25) is 15.9 Å². The zero-order valence-corrected chi connectivity index (χ0v) is 15.4. The number of hydrogen-bond donors (Lipinski definition) is 1. The van der Waals surface area contributed by atoms with E-state index >= 15 is 0 Å². The highest BCUT2D eigenvalue weighted by Gasteiger charge is 2.34. The van der Waals surface area contributed by atoms with E-state index in [4.69, 9.17) is 4.74 Å². The maximum Gasteiger partial charge on any atom is 0.246 e. The summed E-state index contributed by atoms with van der Waals surface area (Å²) in [6.07, 6.45) is 3.10. The number of methoxy groups -OCH3 is 1. The number of sulfonamides is 1. The van der Waals surface area contributed by atoms with E-state index in [9.17, 15) is 17.6 Å². The van der Waals surface area contributed by atoms with Crippen molar-refractivity contribution >= 4 is 15.9 Å². The second-order valence-electron chi connectivity index (χ2n) is 6.14. The first-order valence-corrected chi connectivity index (χ1v) is 9.95. The Labute approximate surface area is 148 Å². The van der Waals surface area contributed by atoms with Crippen molar-refractivity contribution in [1.29, 1.82) is 0 Å². The van der Waals surface area contributed by atoms with Crippen molar-refractivity contribution in [2.45, 2.75) is 37.5 Å². The quantitative estimate of drug-likeness (QED) is 0.744. The molecule has 1 N–H and O–H groups in total. The Morgan fingerprint density at radius 1 is 1.44 bits per heavy atom. The van der Waals surface area contributed by atoms with Gasteiger partial charge in [-0.1, -0.05) is 13.3 Å². The van der Waals surface area contributed by atoms with Crippen molar-refractivity contribution in [3.63, 3.8) is 0 Å². The molecule has 0 unspecified atom stereocenters. The van der Waals surface area contributed by atoms with Gasteiger partial charge in [-0.15, -0.1) is 0 Å². The largest absolute Gasteiger partial charge is 0.495 e. The first-order valence-electron chi connectivity index (χ1n) is 8.51. The van der Waals surface area contributed by atoms with Crippen LogP contribution in [0.4, 0.5) is 4.39 Å². The van der Waals surface area contributed by atoms with Crippen LogP contribution in [-0.2, 0) is 14.8 Å². The molecule has 0 bridgehead atoms. The Balaban J connectivity index is 2.17. The highest BCUT2D eigenvalue weighted by atomic mass is 32.2. The lowest BCUT2D eigenvalue weighted by molar-refractivity contribution is -0.126. The van der Waals surface area contributed by atoms with Gasteiger partial charge in [-0.05, 0) is 37.5 Å². The average molecular weight is 372 g/mol. The van der Waals surface area contributed by atoms with Crippen LogP contribution in [0.25, 0.3) is 0 Å². The van der Waals surface area contributed by atoms with Crippen molar-refractivity contribution in [1.82, 2.24) is 9.62 Å². The fraction of sp³-hybridized carbons (Fsp3) is 0.588. The highest BCUT2D eigenvalue weighted by molar-refractivity contribution is 7.89. The van der Waals surface area contributed by atoms with Gasteiger partial charge in [0.1, 0.15) is 16.5 Å². The van der Waals surface area contributed by atoms with Crippen LogP contribution in [0.5, 0.6) is 5.75 Å². The van der Waals surface area contributed by atoms with E-state index in [0.29, 0.717) is 25.9 Å². The molecule has 1 fully saturated rings. The number of piperidine rings is 1. The summed E-state index contributed by atoms with van der Waals surface area (Å²) in [6, 6.07) is 3.40. The number of amides is 1. The Hall–Kier alpha value is -1.67. The Morgan fingerprint density at radius 3 is 2.88 bits per heavy atom. The molecule has 6 nitrogen and oxygen atoms in total. The van der Waals surface area contributed by atoms with Gasteiger partial charge < -0.3 is 10.1 Å². The number of hydrogen-bond acceptors (Lipinski definition) is 4. The standard InChI is InChI=1S/C17H25FN2O4S/c1-3-4-9-19-17(21)13-6-5-10-20(12-13)25(22,23)16-11-14(18)7-8-15(16)24-2/h7-8,11,13H,3-6,9-10,12H2,1-2H3,(H,19,21)/t13-/m0/s1. The van der Waals surface area contributed by atoms with Crippen molar-refractivity contribution in [2.75, 3.05) is 26.7 Å². The molecule has 140 valence electrons. The third kappa shape index (κ3) is 4.70. The molecule has 0 spiro atoms. The normalized spacial score (nSPS) is 18.8. The van der Waals surface area contributed by atoms with Gasteiger partial charge in [0, 0.05) is 19.6 Å². The average Bonchev–Trinajstić information content (AvgIpc) is 2.62. The first-order chi connectivity index (χ1) is 11.9. The van der Waals surface area contributed by atoms with E-state index < -0.39 is 15.8 Å². The molecule has 0 aromatic heterocycles. The smallest absolute Gasteiger partial charge is 0.246 e. The van der Waals surface area contributed by atoms with Crippen LogP contribution in [-0.4, -0.2) is 45.4 Å². The van der Waals surface area contributed by atoms with Gasteiger partial charge in [-0.3, -0.25) is 4.79 Å². The van der Waals surface area contributed by atoms with Gasteiger partial charge in [0.15, 0.2) is 0 Å². The maximum atomic E-state index is 13.6. The molecule has 2 rings (SSSR count). The molecule has 1 amide bonds. The molecule has 0 radical (unpaired) electrons. The SMILES string of the molecule is CCCCNC(=O)[C@H]1CCCN(S(=O)(=O)c2cc(F)ccc2OC)C1. The summed E-state index contributed by atoms with van der Waals surface area (Å²) in [4.78, 5) is 12.0. The summed E-state index contributed by atoms with van der Waals surface area (Å²) in [5.74, 6) is -1.07. The van der Waals surface area contributed by atoms with Crippen molar-refractivity contribution < 1.29 is 22.3 Å². The second kappa shape index (κ2) is 8.62. The summed E-state index contributed by atoms with van der Waals surface area (Å²) in [5, 5.41) is 2.85. The number of nitrogens with zero attached hydrogens (tertiary/aromatic N) is 1. The summed E-state index contributed by atoms with van der Waals surface area (Å²) in [7, 11) is -2.59. The Morgan fingerprint density at radius 2 is 2.20 bits per heavy atom. The molecule has 0 saturated carbocycles. The van der Waals surface area contributed by atoms with Gasteiger partial charge >= 0.3 is 0 Å². The van der Waals surface area contributed by atoms with Crippen LogP contribution in [0.1, 0.15) is 32.6 Å². The third-order valence-corrected chi connectivity index (χ3v) is 6.21. The summed E-state index contributed by atoms with van der Waals surface area (Å²) >= 11 is 0. The molecular weight excluding hydrogens is 347 g/mol. The summed E-state index contributed by atoms with van der Waals surface area (Å²) < 4.78 is 45.7. The van der Waals surface area contributed by atoms with E-state index in [1.54, 1.807) is 0 Å². The molecule has 25 heavy (non-hydrogen) atoms. The molecule has 1 aromatic carbocycles. The molecule has 1 saturated heterocycles. The summed E-state index contributed by atoms with van der Waals surface area (Å²) in [5.41, 5.74) is 0. The Bertz CT molecular complexity index is 709. The number of carbonyl (C=O) groups is 1. The molecule has 8 heteroatoms. The number of carbonyl (C=O) groups excluding carboxylic acids is 1. The minimum Gasteiger partial charge on any atom is -0.495 e. The molecule has 1 aliphatic rings. The number of ether oxygens (including phenoxy) is 1. The minimum atomic E-state index is -3.93. The van der Waals surface area contributed by atoms with Crippen LogP contribution in [0.15, 0.2) is 23.1 Å². The molecular formula is C17H25FN2O4S. The minimum absolute atomic E-state index is 0.0934. The molecule has 1 aromatic rings. The van der Waals surface area contributed by atoms with Crippen LogP contribution >= 0.6 is 0 Å². The maximum absolute atomic E-state index is 13.6. The zero-order chi connectivity index (χ0) is 18.4. The van der Waals surface area contributed by atoms with E-state index in [1.165, 1.54) is 17.5 Å². The first kappa shape index (κ1) is 19.7. The number of rotatable bonds is 7. The lowest BCUT2D eigenvalue weighted by Gasteiger charge is -2.31. The number of unbranched alkanes of at least 4 members (excludes halogenated alkanes) is 1. The third-order valence-electron chi connectivity index (χ3n) is 4.33. The fourth-order valence-corrected chi connectivity index (χ4v) is 4.59. The fourth-order valence-electron chi connectivity index (χ4n) is 2.90. The van der Waals surface area contributed by atoms with Crippen LogP contribution in [0.3, 0.4) is 0 Å². The summed E-state index contributed by atoms with van der Waals surface area (Å²) in [6.45, 7) is 3.03. The van der Waals surface area contributed by atoms with Crippen molar-refractivity contribution in [3.8, 4) is 5.75 Å². The number of nitrogens with one attached hydrogen (secondary N) is 1. The van der Waals surface area contributed by atoms with Crippen molar-refractivity contribution in [2.24, 2.45) is 5.92 Å². The number of benzene rings is 1. The van der Waals surface area contributed by atoms with Gasteiger partial charge in [-0.25, -0.2) is 12.8 Å². The zero-order valence-electron chi connectivity index (χ0n) is 14.6. The molecule has 1 atom stereocenters. The predicted molar refractivity (Wildman–Crippen MR) is 92.4 cm³/mol. The van der Waals surface area contributed by atoms with Crippen molar-refractivity contribution in [3.05, 3.63) is 24.0 Å². The molecule has 1 heterocycles. The van der Waals surface area contributed by atoms with Gasteiger partial charge in [0.25, 0.3) is 0 Å². The van der Waals surface area contributed by atoms with Crippen LogP contribution in [0.2, 0.25) is 0 Å². The highest BCUT2D eigenvalue weighted by Crippen LogP contribution is 2.30.